The van der Waals surface area contributed by atoms with Crippen molar-refractivity contribution in [3.05, 3.63) is 73.1 Å². The van der Waals surface area contributed by atoms with E-state index in [1.54, 1.807) is 43.5 Å². The molecule has 0 unspecified atom stereocenters. The normalized spacial score (nSPS) is 15.6. The average Bonchev–Trinajstić information content (AvgIpc) is 2.93. The van der Waals surface area contributed by atoms with Crippen LogP contribution in [0, 0.1) is 10.1 Å². The Kier molecular flexibility index (Phi) is 6.22. The number of halogens is 1. The lowest BCUT2D eigenvalue weighted by Gasteiger charge is -2.07. The van der Waals surface area contributed by atoms with Gasteiger partial charge in [-0.1, -0.05) is 23.9 Å². The summed E-state index contributed by atoms with van der Waals surface area (Å²) in [5, 5.41) is 16.4. The molecule has 1 saturated heterocycles. The second-order valence-corrected chi connectivity index (χ2v) is 7.98. The Labute approximate surface area is 178 Å². The van der Waals surface area contributed by atoms with Crippen LogP contribution in [0.25, 0.3) is 6.08 Å². The van der Waals surface area contributed by atoms with Gasteiger partial charge >= 0.3 is 0 Å². The molecule has 7 nitrogen and oxygen atoms in total. The molecule has 3 rings (SSSR count). The Morgan fingerprint density at radius 3 is 2.75 bits per heavy atom. The molecule has 28 heavy (non-hydrogen) atoms. The van der Waals surface area contributed by atoms with Crippen LogP contribution in [0.2, 0.25) is 0 Å². The lowest BCUT2D eigenvalue weighted by molar-refractivity contribution is -0.385. The van der Waals surface area contributed by atoms with Gasteiger partial charge in [0.15, 0.2) is 4.32 Å². The van der Waals surface area contributed by atoms with Gasteiger partial charge in [-0.15, -0.1) is 0 Å². The Morgan fingerprint density at radius 1 is 1.32 bits per heavy atom. The van der Waals surface area contributed by atoms with E-state index in [1.165, 1.54) is 18.4 Å². The number of ether oxygens (including phenoxy) is 1. The number of hydrazone groups is 1. The maximum atomic E-state index is 12.6. The minimum atomic E-state index is -0.494. The number of rotatable bonds is 5. The van der Waals surface area contributed by atoms with Crippen LogP contribution >= 0.6 is 39.9 Å². The summed E-state index contributed by atoms with van der Waals surface area (Å²) in [7, 11) is 1.57. The third-order valence-corrected chi connectivity index (χ3v) is 5.59. The van der Waals surface area contributed by atoms with Crippen molar-refractivity contribution in [2.45, 2.75) is 0 Å². The van der Waals surface area contributed by atoms with Crippen molar-refractivity contribution in [1.29, 1.82) is 0 Å². The van der Waals surface area contributed by atoms with E-state index in [4.69, 9.17) is 17.0 Å². The highest BCUT2D eigenvalue weighted by atomic mass is 79.9. The average molecular weight is 478 g/mol. The van der Waals surface area contributed by atoms with Crippen molar-refractivity contribution in [1.82, 2.24) is 5.01 Å². The number of benzene rings is 2. The third-order valence-electron chi connectivity index (χ3n) is 3.69. The van der Waals surface area contributed by atoms with Crippen LogP contribution in [0.3, 0.4) is 0 Å². The van der Waals surface area contributed by atoms with E-state index in [2.05, 4.69) is 21.0 Å². The third kappa shape index (κ3) is 4.29. The van der Waals surface area contributed by atoms with E-state index in [0.29, 0.717) is 11.3 Å². The van der Waals surface area contributed by atoms with Gasteiger partial charge in [0.25, 0.3) is 11.6 Å². The first kappa shape index (κ1) is 20.2. The topological polar surface area (TPSA) is 85.0 Å². The molecule has 1 aliphatic heterocycles. The number of methoxy groups -OCH3 is 1. The van der Waals surface area contributed by atoms with Gasteiger partial charge in [0.1, 0.15) is 5.75 Å². The second kappa shape index (κ2) is 8.63. The molecule has 1 amide bonds. The first-order valence-electron chi connectivity index (χ1n) is 7.79. The molecule has 2 aromatic carbocycles. The van der Waals surface area contributed by atoms with E-state index < -0.39 is 10.8 Å². The summed E-state index contributed by atoms with van der Waals surface area (Å²) in [6.07, 6.45) is 2.96. The van der Waals surface area contributed by atoms with Gasteiger partial charge in [0.05, 0.1) is 33.2 Å². The summed E-state index contributed by atoms with van der Waals surface area (Å²) >= 11 is 9.66. The molecule has 0 radical (unpaired) electrons. The zero-order chi connectivity index (χ0) is 20.3. The fourth-order valence-electron chi connectivity index (χ4n) is 2.36. The number of thioether (sulfide) groups is 1. The molecule has 1 fully saturated rings. The molecule has 0 spiro atoms. The molecular weight excluding hydrogens is 466 g/mol. The number of nitrogens with zero attached hydrogens (tertiary/aromatic N) is 3. The minimum absolute atomic E-state index is 0.0839. The first-order chi connectivity index (χ1) is 13.4. The van der Waals surface area contributed by atoms with Gasteiger partial charge in [0, 0.05) is 6.07 Å². The number of thiocarbonyl (C=S) groups is 1. The van der Waals surface area contributed by atoms with Gasteiger partial charge < -0.3 is 4.74 Å². The van der Waals surface area contributed by atoms with Crippen molar-refractivity contribution >= 4 is 68.1 Å². The highest BCUT2D eigenvalue weighted by Crippen LogP contribution is 2.34. The molecule has 10 heteroatoms. The van der Waals surface area contributed by atoms with Crippen LogP contribution in [-0.2, 0) is 4.79 Å². The van der Waals surface area contributed by atoms with Crippen LogP contribution < -0.4 is 4.74 Å². The van der Waals surface area contributed by atoms with Crippen molar-refractivity contribution in [3.63, 3.8) is 0 Å². The zero-order valence-corrected chi connectivity index (χ0v) is 17.6. The summed E-state index contributed by atoms with van der Waals surface area (Å²) in [5.74, 6) is 0.243. The van der Waals surface area contributed by atoms with Crippen LogP contribution in [0.4, 0.5) is 5.69 Å². The summed E-state index contributed by atoms with van der Waals surface area (Å²) in [5.41, 5.74) is 0.986. The molecule has 0 bridgehead atoms. The molecule has 0 saturated carbocycles. The molecular formula is C18H12BrN3O4S2. The Hall–Kier alpha value is -2.56. The van der Waals surface area contributed by atoms with Gasteiger partial charge in [-0.3, -0.25) is 14.9 Å². The standard InChI is InChI=1S/C18H12BrN3O4S2/c1-26-15-7-6-11(8-13(15)19)10-20-21-17(23)16(28-18(21)27)9-12-4-2-3-5-14(12)22(24)25/h2-10H,1H3. The quantitative estimate of drug-likeness (QED) is 0.205. The minimum Gasteiger partial charge on any atom is -0.496 e. The van der Waals surface area contributed by atoms with E-state index in [0.717, 1.165) is 26.8 Å². The van der Waals surface area contributed by atoms with Crippen LogP contribution in [0.1, 0.15) is 11.1 Å². The van der Waals surface area contributed by atoms with Gasteiger partial charge in [0.2, 0.25) is 0 Å². The number of amides is 1. The number of nitro groups is 1. The molecule has 1 aliphatic rings. The fourth-order valence-corrected chi connectivity index (χ4v) is 4.09. The van der Waals surface area contributed by atoms with Crippen LogP contribution in [0.15, 0.2) is 56.9 Å². The molecule has 0 aromatic heterocycles. The number of hydrogen-bond donors (Lipinski definition) is 0. The SMILES string of the molecule is COc1ccc(C=NN2C(=O)C(=Cc3ccccc3[N+](=O)[O-])SC2=S)cc1Br. The van der Waals surface area contributed by atoms with E-state index in [1.807, 2.05) is 0 Å². The van der Waals surface area contributed by atoms with E-state index in [-0.39, 0.29) is 14.9 Å². The highest BCUT2D eigenvalue weighted by molar-refractivity contribution is 9.10. The maximum Gasteiger partial charge on any atom is 0.286 e. The molecule has 0 atom stereocenters. The molecule has 142 valence electrons. The second-order valence-electron chi connectivity index (χ2n) is 5.45. The van der Waals surface area contributed by atoms with Gasteiger partial charge in [-0.2, -0.15) is 10.1 Å². The Balaban J connectivity index is 1.84. The van der Waals surface area contributed by atoms with Crippen molar-refractivity contribution in [3.8, 4) is 5.75 Å². The first-order valence-corrected chi connectivity index (χ1v) is 9.81. The number of nitro benzene ring substituents is 1. The predicted molar refractivity (Wildman–Crippen MR) is 116 cm³/mol. The summed E-state index contributed by atoms with van der Waals surface area (Å²) in [6.45, 7) is 0. The zero-order valence-electron chi connectivity index (χ0n) is 14.4. The monoisotopic (exact) mass is 477 g/mol. The summed E-state index contributed by atoms with van der Waals surface area (Å²) < 4.78 is 6.17. The van der Waals surface area contributed by atoms with E-state index in [9.17, 15) is 14.9 Å². The molecule has 1 heterocycles. The lowest BCUT2D eigenvalue weighted by atomic mass is 10.1. The number of carbonyl (C=O) groups is 1. The summed E-state index contributed by atoms with van der Waals surface area (Å²) in [4.78, 5) is 23.6. The van der Waals surface area contributed by atoms with Crippen molar-refractivity contribution in [2.24, 2.45) is 5.10 Å². The van der Waals surface area contributed by atoms with Gasteiger partial charge in [-0.25, -0.2) is 0 Å². The number of hydrogen-bond acceptors (Lipinski definition) is 7. The molecule has 0 aliphatic carbocycles. The van der Waals surface area contributed by atoms with Gasteiger partial charge in [-0.05, 0) is 64.1 Å². The number of carbonyl (C=O) groups excluding carboxylic acids is 1. The van der Waals surface area contributed by atoms with Crippen LogP contribution in [-0.4, -0.2) is 33.5 Å². The summed E-state index contributed by atoms with van der Waals surface area (Å²) in [6, 6.07) is 11.5. The van der Waals surface area contributed by atoms with Crippen LogP contribution in [0.5, 0.6) is 5.75 Å². The lowest BCUT2D eigenvalue weighted by Crippen LogP contribution is -2.22. The fraction of sp³-hybridized carbons (Fsp3) is 0.0556. The molecule has 2 aromatic rings. The van der Waals surface area contributed by atoms with Crippen molar-refractivity contribution in [2.75, 3.05) is 7.11 Å². The Bertz CT molecular complexity index is 1040. The number of para-hydroxylation sites is 1. The largest absolute Gasteiger partial charge is 0.496 e. The van der Waals surface area contributed by atoms with E-state index >= 15 is 0 Å². The predicted octanol–water partition coefficient (Wildman–Crippen LogP) is 4.60. The maximum absolute atomic E-state index is 12.6. The van der Waals surface area contributed by atoms with Crippen molar-refractivity contribution < 1.29 is 14.5 Å². The Morgan fingerprint density at radius 2 is 2.07 bits per heavy atom. The molecule has 0 N–H and O–H groups in total. The smallest absolute Gasteiger partial charge is 0.286 e. The highest BCUT2D eigenvalue weighted by Gasteiger charge is 2.32.